The van der Waals surface area contributed by atoms with E-state index in [9.17, 15) is 0 Å². The Morgan fingerprint density at radius 3 is 2.75 bits per heavy atom. The summed E-state index contributed by atoms with van der Waals surface area (Å²) in [5, 5.41) is 0. The first-order valence-electron chi connectivity index (χ1n) is 2.63. The highest BCUT2D eigenvalue weighted by atomic mass is 35.5. The molecule has 0 aliphatic heterocycles. The fourth-order valence-electron chi connectivity index (χ4n) is 0.443. The lowest BCUT2D eigenvalue weighted by Gasteiger charge is -1.89. The van der Waals surface area contributed by atoms with Gasteiger partial charge in [-0.2, -0.15) is 0 Å². The van der Waals surface area contributed by atoms with Crippen LogP contribution in [0.3, 0.4) is 0 Å². The van der Waals surface area contributed by atoms with Crippen LogP contribution in [-0.2, 0) is 0 Å². The van der Waals surface area contributed by atoms with Crippen LogP contribution in [0.2, 0.25) is 0 Å². The Morgan fingerprint density at radius 1 is 1.75 bits per heavy atom. The van der Waals surface area contributed by atoms with Gasteiger partial charge in [-0.05, 0) is 13.3 Å². The SMILES string of the molecule is C=CC/C(C)=C/CCl. The van der Waals surface area contributed by atoms with Crippen molar-refractivity contribution in [3.8, 4) is 0 Å². The van der Waals surface area contributed by atoms with Crippen molar-refractivity contribution in [2.75, 3.05) is 5.88 Å². The molecule has 0 N–H and O–H groups in total. The van der Waals surface area contributed by atoms with Gasteiger partial charge in [-0.3, -0.25) is 0 Å². The zero-order valence-corrected chi connectivity index (χ0v) is 5.91. The number of rotatable bonds is 3. The third-order valence-corrected chi connectivity index (χ3v) is 1.05. The molecule has 0 saturated heterocycles. The van der Waals surface area contributed by atoms with Crippen molar-refractivity contribution >= 4 is 11.6 Å². The van der Waals surface area contributed by atoms with Crippen molar-refractivity contribution in [3.63, 3.8) is 0 Å². The largest absolute Gasteiger partial charge is 0.122 e. The summed E-state index contributed by atoms with van der Waals surface area (Å²) in [5.41, 5.74) is 1.29. The summed E-state index contributed by atoms with van der Waals surface area (Å²) in [6.45, 7) is 5.64. The van der Waals surface area contributed by atoms with Gasteiger partial charge in [0, 0.05) is 5.88 Å². The van der Waals surface area contributed by atoms with Crippen LogP contribution in [-0.4, -0.2) is 5.88 Å². The number of allylic oxidation sites excluding steroid dienone is 3. The van der Waals surface area contributed by atoms with Gasteiger partial charge in [-0.1, -0.05) is 17.7 Å². The van der Waals surface area contributed by atoms with Crippen LogP contribution in [0.25, 0.3) is 0 Å². The van der Waals surface area contributed by atoms with Gasteiger partial charge in [0.2, 0.25) is 0 Å². The minimum absolute atomic E-state index is 0.611. The normalized spacial score (nSPS) is 11.5. The molecular weight excluding hydrogens is 120 g/mol. The van der Waals surface area contributed by atoms with Gasteiger partial charge in [0.05, 0.1) is 0 Å². The first-order chi connectivity index (χ1) is 3.81. The minimum atomic E-state index is 0.611. The highest BCUT2D eigenvalue weighted by Gasteiger charge is 1.80. The molecule has 0 bridgehead atoms. The van der Waals surface area contributed by atoms with Crippen LogP contribution in [0.15, 0.2) is 24.3 Å². The second-order valence-corrected chi connectivity index (χ2v) is 2.01. The Balaban J connectivity index is 3.44. The molecule has 0 saturated carbocycles. The molecule has 0 spiro atoms. The lowest BCUT2D eigenvalue weighted by Crippen LogP contribution is -1.71. The quantitative estimate of drug-likeness (QED) is 0.407. The fraction of sp³-hybridized carbons (Fsp3) is 0.429. The molecule has 0 radical (unpaired) electrons. The van der Waals surface area contributed by atoms with Crippen molar-refractivity contribution < 1.29 is 0 Å². The summed E-state index contributed by atoms with van der Waals surface area (Å²) in [7, 11) is 0. The molecule has 0 fully saturated rings. The Morgan fingerprint density at radius 2 is 2.38 bits per heavy atom. The van der Waals surface area contributed by atoms with Crippen LogP contribution in [0, 0.1) is 0 Å². The second kappa shape index (κ2) is 4.92. The molecule has 0 aromatic rings. The van der Waals surface area contributed by atoms with E-state index >= 15 is 0 Å². The third kappa shape index (κ3) is 3.94. The van der Waals surface area contributed by atoms with Gasteiger partial charge in [0.25, 0.3) is 0 Å². The average Bonchev–Trinajstić information content (AvgIpc) is 1.68. The third-order valence-electron chi connectivity index (χ3n) is 0.892. The van der Waals surface area contributed by atoms with Gasteiger partial charge in [-0.25, -0.2) is 0 Å². The Labute approximate surface area is 55.9 Å². The summed E-state index contributed by atoms with van der Waals surface area (Å²) in [6, 6.07) is 0. The molecule has 0 amide bonds. The maximum Gasteiger partial charge on any atom is 0.0406 e. The van der Waals surface area contributed by atoms with Crippen molar-refractivity contribution in [2.24, 2.45) is 0 Å². The molecule has 0 rings (SSSR count). The fourth-order valence-corrected chi connectivity index (χ4v) is 0.706. The summed E-state index contributed by atoms with van der Waals surface area (Å²) < 4.78 is 0. The zero-order chi connectivity index (χ0) is 6.41. The molecule has 0 nitrogen and oxygen atoms in total. The maximum absolute atomic E-state index is 5.42. The topological polar surface area (TPSA) is 0 Å². The summed E-state index contributed by atoms with van der Waals surface area (Å²) in [6.07, 6.45) is 4.81. The Hall–Kier alpha value is -0.230. The highest BCUT2D eigenvalue weighted by molar-refractivity contribution is 6.18. The van der Waals surface area contributed by atoms with Gasteiger partial charge in [0.15, 0.2) is 0 Å². The van der Waals surface area contributed by atoms with Gasteiger partial charge in [-0.15, -0.1) is 18.2 Å². The van der Waals surface area contributed by atoms with Crippen LogP contribution in [0.5, 0.6) is 0 Å². The predicted octanol–water partition coefficient (Wildman–Crippen LogP) is 2.75. The van der Waals surface area contributed by atoms with E-state index < -0.39 is 0 Å². The van der Waals surface area contributed by atoms with Crippen molar-refractivity contribution in [1.82, 2.24) is 0 Å². The molecule has 0 aromatic heterocycles. The van der Waals surface area contributed by atoms with E-state index in [0.717, 1.165) is 6.42 Å². The molecular formula is C7H11Cl. The van der Waals surface area contributed by atoms with E-state index in [1.807, 2.05) is 19.1 Å². The molecule has 0 unspecified atom stereocenters. The summed E-state index contributed by atoms with van der Waals surface area (Å²) >= 11 is 5.42. The molecule has 0 aromatic carbocycles. The maximum atomic E-state index is 5.42. The first kappa shape index (κ1) is 7.77. The molecule has 46 valence electrons. The van der Waals surface area contributed by atoms with Crippen molar-refractivity contribution in [2.45, 2.75) is 13.3 Å². The molecule has 0 atom stereocenters. The van der Waals surface area contributed by atoms with E-state index in [0.29, 0.717) is 5.88 Å². The van der Waals surface area contributed by atoms with Gasteiger partial charge >= 0.3 is 0 Å². The van der Waals surface area contributed by atoms with E-state index in [1.54, 1.807) is 0 Å². The lowest BCUT2D eigenvalue weighted by molar-refractivity contribution is 1.21. The van der Waals surface area contributed by atoms with Crippen molar-refractivity contribution in [3.05, 3.63) is 24.3 Å². The molecule has 1 heteroatoms. The van der Waals surface area contributed by atoms with E-state index in [1.165, 1.54) is 5.57 Å². The lowest BCUT2D eigenvalue weighted by atomic mass is 10.2. The summed E-state index contributed by atoms with van der Waals surface area (Å²) in [5.74, 6) is 0.611. The minimum Gasteiger partial charge on any atom is -0.122 e. The predicted molar refractivity (Wildman–Crippen MR) is 39.3 cm³/mol. The Bertz CT molecular complexity index is 92.6. The van der Waals surface area contributed by atoms with E-state index in [2.05, 4.69) is 6.58 Å². The molecule has 8 heavy (non-hydrogen) atoms. The standard InChI is InChI=1S/C7H11Cl/c1-3-4-7(2)5-6-8/h3,5H,1,4,6H2,2H3/b7-5+. The van der Waals surface area contributed by atoms with Gasteiger partial charge < -0.3 is 0 Å². The van der Waals surface area contributed by atoms with E-state index in [-0.39, 0.29) is 0 Å². The number of alkyl halides is 1. The smallest absolute Gasteiger partial charge is 0.0406 e. The molecule has 0 aliphatic rings. The van der Waals surface area contributed by atoms with Crippen LogP contribution >= 0.6 is 11.6 Å². The van der Waals surface area contributed by atoms with Crippen LogP contribution in [0.4, 0.5) is 0 Å². The highest BCUT2D eigenvalue weighted by Crippen LogP contribution is 1.99. The van der Waals surface area contributed by atoms with Crippen LogP contribution < -0.4 is 0 Å². The molecule has 0 aliphatic carbocycles. The van der Waals surface area contributed by atoms with Crippen LogP contribution in [0.1, 0.15) is 13.3 Å². The van der Waals surface area contributed by atoms with Crippen molar-refractivity contribution in [1.29, 1.82) is 0 Å². The Kier molecular flexibility index (Phi) is 4.78. The molecule has 0 heterocycles. The number of halogens is 1. The zero-order valence-electron chi connectivity index (χ0n) is 5.15. The first-order valence-corrected chi connectivity index (χ1v) is 3.17. The average molecular weight is 131 g/mol. The van der Waals surface area contributed by atoms with E-state index in [4.69, 9.17) is 11.6 Å². The monoisotopic (exact) mass is 130 g/mol. The number of hydrogen-bond donors (Lipinski definition) is 0. The number of hydrogen-bond acceptors (Lipinski definition) is 0. The second-order valence-electron chi connectivity index (χ2n) is 1.70. The van der Waals surface area contributed by atoms with Gasteiger partial charge in [0.1, 0.15) is 0 Å². The summed E-state index contributed by atoms with van der Waals surface area (Å²) in [4.78, 5) is 0.